The molecule has 0 bridgehead atoms. The molecule has 0 aliphatic carbocycles. The molecule has 26 heavy (non-hydrogen) atoms. The molecule has 1 amide bonds. The quantitative estimate of drug-likeness (QED) is 0.637. The molecule has 2 rings (SSSR count). The fourth-order valence-electron chi connectivity index (χ4n) is 2.19. The number of halogens is 1. The second-order valence-corrected chi connectivity index (χ2v) is 7.84. The van der Waals surface area contributed by atoms with E-state index in [0.717, 1.165) is 0 Å². The minimum atomic E-state index is -3.39. The minimum absolute atomic E-state index is 0.0332. The van der Waals surface area contributed by atoms with E-state index in [-0.39, 0.29) is 11.7 Å². The molecular formula is C18H21ClN2O4S. The molecule has 0 aliphatic rings. The van der Waals surface area contributed by atoms with Crippen LogP contribution in [0.15, 0.2) is 48.5 Å². The van der Waals surface area contributed by atoms with Crippen molar-refractivity contribution in [1.82, 2.24) is 5.32 Å². The van der Waals surface area contributed by atoms with E-state index in [4.69, 9.17) is 16.3 Å². The molecule has 0 fully saturated rings. The molecule has 0 radical (unpaired) electrons. The van der Waals surface area contributed by atoms with E-state index >= 15 is 0 Å². The maximum atomic E-state index is 12.2. The normalized spacial score (nSPS) is 11.0. The van der Waals surface area contributed by atoms with E-state index in [1.165, 1.54) is 6.07 Å². The molecule has 140 valence electrons. The van der Waals surface area contributed by atoms with Crippen molar-refractivity contribution in [1.29, 1.82) is 0 Å². The largest absolute Gasteiger partial charge is 0.492 e. The maximum Gasteiger partial charge on any atom is 0.251 e. The number of hydrogen-bond donors (Lipinski definition) is 2. The van der Waals surface area contributed by atoms with Crippen molar-refractivity contribution in [3.63, 3.8) is 0 Å². The number of amides is 1. The lowest BCUT2D eigenvalue weighted by Gasteiger charge is -2.10. The number of carbonyl (C=O) groups excluding carboxylic acids is 1. The number of anilines is 1. The van der Waals surface area contributed by atoms with Gasteiger partial charge in [0, 0.05) is 16.3 Å². The minimum Gasteiger partial charge on any atom is -0.492 e. The summed E-state index contributed by atoms with van der Waals surface area (Å²) in [6.07, 6.45) is 0.517. The molecule has 0 unspecified atom stereocenters. The van der Waals surface area contributed by atoms with Gasteiger partial charge in [0.15, 0.2) is 0 Å². The summed E-state index contributed by atoms with van der Waals surface area (Å²) < 4.78 is 31.6. The van der Waals surface area contributed by atoms with Gasteiger partial charge in [0.25, 0.3) is 5.91 Å². The van der Waals surface area contributed by atoms with Gasteiger partial charge < -0.3 is 10.1 Å². The van der Waals surface area contributed by atoms with E-state index in [9.17, 15) is 13.2 Å². The molecule has 0 heterocycles. The third-order valence-electron chi connectivity index (χ3n) is 3.34. The average molecular weight is 397 g/mol. The number of nitrogens with one attached hydrogen (secondary N) is 2. The highest BCUT2D eigenvalue weighted by molar-refractivity contribution is 7.92. The Kier molecular flexibility index (Phi) is 7.29. The Hall–Kier alpha value is -2.25. The lowest BCUT2D eigenvalue weighted by atomic mass is 10.2. The first-order valence-corrected chi connectivity index (χ1v) is 10.2. The van der Waals surface area contributed by atoms with Crippen molar-refractivity contribution >= 4 is 33.2 Å². The Morgan fingerprint density at radius 1 is 1.15 bits per heavy atom. The van der Waals surface area contributed by atoms with E-state index < -0.39 is 10.0 Å². The average Bonchev–Trinajstić information content (AvgIpc) is 2.59. The number of benzene rings is 2. The molecule has 8 heteroatoms. The Bertz CT molecular complexity index is 839. The van der Waals surface area contributed by atoms with Crippen LogP contribution in [0.1, 0.15) is 23.7 Å². The summed E-state index contributed by atoms with van der Waals surface area (Å²) in [6, 6.07) is 13.3. The summed E-state index contributed by atoms with van der Waals surface area (Å²) in [5.74, 6) is 0.392. The van der Waals surface area contributed by atoms with Crippen molar-refractivity contribution in [3.8, 4) is 5.75 Å². The Labute approximate surface area is 158 Å². The third kappa shape index (κ3) is 6.57. The molecule has 0 saturated carbocycles. The maximum absolute atomic E-state index is 12.2. The molecule has 2 N–H and O–H groups in total. The molecule has 2 aromatic rings. The zero-order chi connectivity index (χ0) is 19.0. The van der Waals surface area contributed by atoms with Crippen molar-refractivity contribution in [2.45, 2.75) is 13.3 Å². The van der Waals surface area contributed by atoms with Crippen molar-refractivity contribution in [3.05, 3.63) is 59.1 Å². The van der Waals surface area contributed by atoms with Crippen LogP contribution in [0.4, 0.5) is 5.69 Å². The van der Waals surface area contributed by atoms with Gasteiger partial charge in [-0.2, -0.15) is 0 Å². The van der Waals surface area contributed by atoms with E-state index in [2.05, 4.69) is 10.0 Å². The van der Waals surface area contributed by atoms with Crippen LogP contribution in [0.5, 0.6) is 5.75 Å². The first-order chi connectivity index (χ1) is 12.4. The monoisotopic (exact) mass is 396 g/mol. The van der Waals surface area contributed by atoms with Gasteiger partial charge in [0.2, 0.25) is 10.0 Å². The molecule has 0 atom stereocenters. The lowest BCUT2D eigenvalue weighted by molar-refractivity contribution is 0.0947. The fraction of sp³-hybridized carbons (Fsp3) is 0.278. The first-order valence-electron chi connectivity index (χ1n) is 8.17. The number of hydrogen-bond acceptors (Lipinski definition) is 4. The number of rotatable bonds is 9. The molecule has 2 aromatic carbocycles. The molecule has 0 spiro atoms. The molecule has 0 aromatic heterocycles. The summed E-state index contributed by atoms with van der Waals surface area (Å²) >= 11 is 5.80. The predicted molar refractivity (Wildman–Crippen MR) is 103 cm³/mol. The van der Waals surface area contributed by atoms with Crippen molar-refractivity contribution in [2.24, 2.45) is 0 Å². The van der Waals surface area contributed by atoms with Crippen LogP contribution < -0.4 is 14.8 Å². The highest BCUT2D eigenvalue weighted by Gasteiger charge is 2.11. The van der Waals surface area contributed by atoms with Crippen LogP contribution in [0.3, 0.4) is 0 Å². The SMILES string of the molecule is CCCS(=O)(=O)Nc1cccc(C(=O)NCCOc2ccc(Cl)cc2)c1. The van der Waals surface area contributed by atoms with Crippen molar-refractivity contribution < 1.29 is 17.9 Å². The summed E-state index contributed by atoms with van der Waals surface area (Å²) in [6.45, 7) is 2.40. The van der Waals surface area contributed by atoms with Gasteiger partial charge in [0.1, 0.15) is 12.4 Å². The van der Waals surface area contributed by atoms with Gasteiger partial charge in [-0.25, -0.2) is 8.42 Å². The van der Waals surface area contributed by atoms with Crippen LogP contribution >= 0.6 is 11.6 Å². The van der Waals surface area contributed by atoms with Gasteiger partial charge >= 0.3 is 0 Å². The summed E-state index contributed by atoms with van der Waals surface area (Å²) in [5, 5.41) is 3.35. The molecular weight excluding hydrogens is 376 g/mol. The number of ether oxygens (including phenoxy) is 1. The summed E-state index contributed by atoms with van der Waals surface area (Å²) in [4.78, 5) is 12.2. The molecule has 0 aliphatic heterocycles. The van der Waals surface area contributed by atoms with Crippen LogP contribution in [0, 0.1) is 0 Å². The van der Waals surface area contributed by atoms with E-state index in [1.54, 1.807) is 49.4 Å². The van der Waals surface area contributed by atoms with Gasteiger partial charge in [-0.1, -0.05) is 24.6 Å². The van der Waals surface area contributed by atoms with Crippen molar-refractivity contribution in [2.75, 3.05) is 23.6 Å². The first kappa shape index (κ1) is 20.1. The highest BCUT2D eigenvalue weighted by atomic mass is 35.5. The Morgan fingerprint density at radius 3 is 2.58 bits per heavy atom. The lowest BCUT2D eigenvalue weighted by Crippen LogP contribution is -2.28. The number of carbonyl (C=O) groups is 1. The van der Waals surface area contributed by atoms with Gasteiger partial charge in [-0.15, -0.1) is 0 Å². The van der Waals surface area contributed by atoms with Gasteiger partial charge in [-0.3, -0.25) is 9.52 Å². The molecule has 6 nitrogen and oxygen atoms in total. The summed E-state index contributed by atoms with van der Waals surface area (Å²) in [7, 11) is -3.39. The zero-order valence-electron chi connectivity index (χ0n) is 14.4. The molecule has 0 saturated heterocycles. The van der Waals surface area contributed by atoms with Crippen LogP contribution in [0.25, 0.3) is 0 Å². The topological polar surface area (TPSA) is 84.5 Å². The Morgan fingerprint density at radius 2 is 1.88 bits per heavy atom. The van der Waals surface area contributed by atoms with Gasteiger partial charge in [0.05, 0.1) is 12.3 Å². The highest BCUT2D eigenvalue weighted by Crippen LogP contribution is 2.15. The third-order valence-corrected chi connectivity index (χ3v) is 5.09. The number of sulfonamides is 1. The predicted octanol–water partition coefficient (Wildman–Crippen LogP) is 3.30. The van der Waals surface area contributed by atoms with E-state index in [1.807, 2.05) is 0 Å². The van der Waals surface area contributed by atoms with E-state index in [0.29, 0.717) is 41.6 Å². The standard InChI is InChI=1S/C18H21ClN2O4S/c1-2-12-26(23,24)21-16-5-3-4-14(13-16)18(22)20-10-11-25-17-8-6-15(19)7-9-17/h3-9,13,21H,2,10-12H2,1H3,(H,20,22). The zero-order valence-corrected chi connectivity index (χ0v) is 15.9. The van der Waals surface area contributed by atoms with Gasteiger partial charge in [-0.05, 0) is 48.9 Å². The smallest absolute Gasteiger partial charge is 0.251 e. The van der Waals surface area contributed by atoms with Crippen LogP contribution in [-0.4, -0.2) is 33.2 Å². The second kappa shape index (κ2) is 9.45. The van der Waals surface area contributed by atoms with Crippen LogP contribution in [-0.2, 0) is 10.0 Å². The summed E-state index contributed by atoms with van der Waals surface area (Å²) in [5.41, 5.74) is 0.733. The fourth-order valence-corrected chi connectivity index (χ4v) is 3.44. The van der Waals surface area contributed by atoms with Crippen LogP contribution in [0.2, 0.25) is 5.02 Å². The second-order valence-electron chi connectivity index (χ2n) is 5.56. The Balaban J connectivity index is 1.85.